The molecular formula is C10H15NO. The van der Waals surface area contributed by atoms with Gasteiger partial charge >= 0.3 is 0 Å². The highest BCUT2D eigenvalue weighted by molar-refractivity contribution is 4.90. The second-order valence-electron chi connectivity index (χ2n) is 3.34. The van der Waals surface area contributed by atoms with Crippen LogP contribution in [0.3, 0.4) is 0 Å². The molecule has 0 N–H and O–H groups in total. The van der Waals surface area contributed by atoms with Crippen molar-refractivity contribution in [3.63, 3.8) is 0 Å². The molecule has 0 aliphatic carbocycles. The van der Waals surface area contributed by atoms with Crippen LogP contribution in [0.4, 0.5) is 0 Å². The van der Waals surface area contributed by atoms with Crippen molar-refractivity contribution in [2.75, 3.05) is 6.61 Å². The van der Waals surface area contributed by atoms with E-state index < -0.39 is 0 Å². The number of hydrogen-bond acceptors (Lipinski definition) is 1. The molecule has 2 heteroatoms. The van der Waals surface area contributed by atoms with Crippen LogP contribution in [0.2, 0.25) is 0 Å². The van der Waals surface area contributed by atoms with Gasteiger partial charge in [-0.3, -0.25) is 0 Å². The number of ether oxygens (including phenoxy) is 1. The van der Waals surface area contributed by atoms with Gasteiger partial charge in [0.1, 0.15) is 0 Å². The summed E-state index contributed by atoms with van der Waals surface area (Å²) < 4.78 is 7.75. The van der Waals surface area contributed by atoms with E-state index in [1.807, 2.05) is 0 Å². The van der Waals surface area contributed by atoms with E-state index in [9.17, 15) is 0 Å². The fourth-order valence-corrected chi connectivity index (χ4v) is 1.68. The summed E-state index contributed by atoms with van der Waals surface area (Å²) in [7, 11) is 0. The van der Waals surface area contributed by atoms with Crippen LogP contribution < -0.4 is 0 Å². The van der Waals surface area contributed by atoms with E-state index in [1.165, 1.54) is 12.8 Å². The lowest BCUT2D eigenvalue weighted by Gasteiger charge is -2.09. The molecule has 1 unspecified atom stereocenters. The molecule has 2 nitrogen and oxygen atoms in total. The van der Waals surface area contributed by atoms with Crippen LogP contribution in [0.5, 0.6) is 0 Å². The Morgan fingerprint density at radius 1 is 1.33 bits per heavy atom. The van der Waals surface area contributed by atoms with Crippen LogP contribution >= 0.6 is 0 Å². The molecule has 1 atom stereocenters. The van der Waals surface area contributed by atoms with E-state index in [0.29, 0.717) is 6.10 Å². The van der Waals surface area contributed by atoms with Gasteiger partial charge in [0.2, 0.25) is 0 Å². The van der Waals surface area contributed by atoms with Crippen LogP contribution in [0, 0.1) is 0 Å². The fourth-order valence-electron chi connectivity index (χ4n) is 1.68. The van der Waals surface area contributed by atoms with E-state index in [1.54, 1.807) is 0 Å². The SMILES string of the molecule is c1ccn(CCC2CCCO2)c1. The summed E-state index contributed by atoms with van der Waals surface area (Å²) in [5.41, 5.74) is 0. The molecule has 0 bridgehead atoms. The van der Waals surface area contributed by atoms with Crippen molar-refractivity contribution in [2.24, 2.45) is 0 Å². The van der Waals surface area contributed by atoms with Crippen LogP contribution in [0.1, 0.15) is 19.3 Å². The van der Waals surface area contributed by atoms with E-state index in [4.69, 9.17) is 4.74 Å². The van der Waals surface area contributed by atoms with Gasteiger partial charge in [0.15, 0.2) is 0 Å². The number of nitrogens with zero attached hydrogens (tertiary/aromatic N) is 1. The molecular weight excluding hydrogens is 150 g/mol. The van der Waals surface area contributed by atoms with Crippen LogP contribution in [-0.2, 0) is 11.3 Å². The normalized spacial score (nSPS) is 23.2. The van der Waals surface area contributed by atoms with Crippen LogP contribution in [0.25, 0.3) is 0 Å². The lowest BCUT2D eigenvalue weighted by atomic mass is 10.2. The van der Waals surface area contributed by atoms with Gasteiger partial charge in [-0.15, -0.1) is 0 Å². The summed E-state index contributed by atoms with van der Waals surface area (Å²) in [6.45, 7) is 2.06. The second-order valence-corrected chi connectivity index (χ2v) is 3.34. The first-order valence-corrected chi connectivity index (χ1v) is 4.67. The topological polar surface area (TPSA) is 14.2 Å². The summed E-state index contributed by atoms with van der Waals surface area (Å²) in [5.74, 6) is 0. The predicted octanol–water partition coefficient (Wildman–Crippen LogP) is 2.06. The van der Waals surface area contributed by atoms with E-state index in [-0.39, 0.29) is 0 Å². The third kappa shape index (κ3) is 1.89. The Kier molecular flexibility index (Phi) is 2.47. The summed E-state index contributed by atoms with van der Waals surface area (Å²) >= 11 is 0. The molecule has 0 aromatic carbocycles. The molecule has 0 saturated carbocycles. The Balaban J connectivity index is 1.74. The molecule has 1 aliphatic rings. The molecule has 0 radical (unpaired) electrons. The zero-order valence-electron chi connectivity index (χ0n) is 7.28. The van der Waals surface area contributed by atoms with Gasteiger partial charge in [0.05, 0.1) is 6.10 Å². The Hall–Kier alpha value is -0.760. The standard InChI is InChI=1S/C10H15NO/c1-2-7-11(6-1)8-5-10-4-3-9-12-10/h1-2,6-7,10H,3-5,8-9H2. The quantitative estimate of drug-likeness (QED) is 0.668. The lowest BCUT2D eigenvalue weighted by Crippen LogP contribution is -2.08. The first-order chi connectivity index (χ1) is 5.95. The van der Waals surface area contributed by atoms with Crippen molar-refractivity contribution < 1.29 is 4.74 Å². The molecule has 1 saturated heterocycles. The average molecular weight is 165 g/mol. The maximum absolute atomic E-state index is 5.54. The maximum Gasteiger partial charge on any atom is 0.0593 e. The van der Waals surface area contributed by atoms with Crippen molar-refractivity contribution in [1.29, 1.82) is 0 Å². The number of aryl methyl sites for hydroxylation is 1. The van der Waals surface area contributed by atoms with Crippen LogP contribution in [-0.4, -0.2) is 17.3 Å². The largest absolute Gasteiger partial charge is 0.378 e. The highest BCUT2D eigenvalue weighted by atomic mass is 16.5. The predicted molar refractivity (Wildman–Crippen MR) is 48.0 cm³/mol. The van der Waals surface area contributed by atoms with E-state index in [0.717, 1.165) is 19.6 Å². The Morgan fingerprint density at radius 2 is 2.17 bits per heavy atom. The van der Waals surface area contributed by atoms with Crippen molar-refractivity contribution in [2.45, 2.75) is 31.9 Å². The molecule has 1 aromatic rings. The van der Waals surface area contributed by atoms with Crippen molar-refractivity contribution in [3.05, 3.63) is 24.5 Å². The maximum atomic E-state index is 5.54. The minimum absolute atomic E-state index is 0.521. The lowest BCUT2D eigenvalue weighted by molar-refractivity contribution is 0.100. The second kappa shape index (κ2) is 3.76. The molecule has 1 aliphatic heterocycles. The molecule has 0 amide bonds. The van der Waals surface area contributed by atoms with Gasteiger partial charge in [0.25, 0.3) is 0 Å². The highest BCUT2D eigenvalue weighted by Gasteiger charge is 2.14. The molecule has 2 heterocycles. The van der Waals surface area contributed by atoms with Crippen molar-refractivity contribution in [3.8, 4) is 0 Å². The summed E-state index contributed by atoms with van der Waals surface area (Å²) in [5, 5.41) is 0. The summed E-state index contributed by atoms with van der Waals surface area (Å²) in [4.78, 5) is 0. The molecule has 12 heavy (non-hydrogen) atoms. The summed E-state index contributed by atoms with van der Waals surface area (Å²) in [6.07, 6.45) is 8.39. The van der Waals surface area contributed by atoms with Gasteiger partial charge in [-0.2, -0.15) is 0 Å². The highest BCUT2D eigenvalue weighted by Crippen LogP contribution is 2.15. The Bertz CT molecular complexity index is 212. The number of aromatic nitrogens is 1. The van der Waals surface area contributed by atoms with E-state index in [2.05, 4.69) is 29.1 Å². The Labute approximate surface area is 73.1 Å². The molecule has 1 aromatic heterocycles. The Morgan fingerprint density at radius 3 is 2.83 bits per heavy atom. The van der Waals surface area contributed by atoms with Crippen molar-refractivity contribution in [1.82, 2.24) is 4.57 Å². The van der Waals surface area contributed by atoms with Gasteiger partial charge in [-0.1, -0.05) is 0 Å². The molecule has 66 valence electrons. The third-order valence-corrected chi connectivity index (χ3v) is 2.40. The molecule has 2 rings (SSSR count). The molecule has 1 fully saturated rings. The van der Waals surface area contributed by atoms with Crippen LogP contribution in [0.15, 0.2) is 24.5 Å². The van der Waals surface area contributed by atoms with E-state index >= 15 is 0 Å². The minimum atomic E-state index is 0.521. The van der Waals surface area contributed by atoms with Gasteiger partial charge in [0, 0.05) is 25.5 Å². The number of rotatable bonds is 3. The smallest absolute Gasteiger partial charge is 0.0593 e. The number of hydrogen-bond donors (Lipinski definition) is 0. The third-order valence-electron chi connectivity index (χ3n) is 2.40. The zero-order valence-corrected chi connectivity index (χ0v) is 7.28. The minimum Gasteiger partial charge on any atom is -0.378 e. The monoisotopic (exact) mass is 165 g/mol. The fraction of sp³-hybridized carbons (Fsp3) is 0.600. The van der Waals surface area contributed by atoms with Gasteiger partial charge < -0.3 is 9.30 Å². The average Bonchev–Trinajstić information content (AvgIpc) is 2.74. The first-order valence-electron chi connectivity index (χ1n) is 4.67. The zero-order chi connectivity index (χ0) is 8.23. The van der Waals surface area contributed by atoms with Crippen molar-refractivity contribution >= 4 is 0 Å². The van der Waals surface area contributed by atoms with Gasteiger partial charge in [-0.05, 0) is 31.4 Å². The first kappa shape index (κ1) is 7.87. The summed E-state index contributed by atoms with van der Waals surface area (Å²) in [6, 6.07) is 4.13. The van der Waals surface area contributed by atoms with Gasteiger partial charge in [-0.25, -0.2) is 0 Å². The molecule has 0 spiro atoms.